The van der Waals surface area contributed by atoms with E-state index in [9.17, 15) is 4.79 Å². The van der Waals surface area contributed by atoms with E-state index in [1.54, 1.807) is 7.11 Å². The molecule has 1 aliphatic rings. The lowest BCUT2D eigenvalue weighted by atomic mass is 10.2. The summed E-state index contributed by atoms with van der Waals surface area (Å²) in [5, 5.41) is 0. The minimum absolute atomic E-state index is 0.132. The van der Waals surface area contributed by atoms with Crippen LogP contribution in [0.15, 0.2) is 0 Å². The number of morpholine rings is 1. The van der Waals surface area contributed by atoms with E-state index in [0.29, 0.717) is 57.4 Å². The van der Waals surface area contributed by atoms with Crippen molar-refractivity contribution in [3.63, 3.8) is 0 Å². The first-order chi connectivity index (χ1) is 9.56. The van der Waals surface area contributed by atoms with E-state index in [1.807, 2.05) is 11.8 Å². The van der Waals surface area contributed by atoms with E-state index in [0.717, 1.165) is 0 Å². The monoisotopic (exact) mass is 303 g/mol. The van der Waals surface area contributed by atoms with Crippen molar-refractivity contribution >= 4 is 23.1 Å². The number of carbonyl (C=O) groups is 1. The molecule has 0 spiro atoms. The maximum atomic E-state index is 12.5. The van der Waals surface area contributed by atoms with Gasteiger partial charge >= 0.3 is 0 Å². The summed E-state index contributed by atoms with van der Waals surface area (Å²) in [5.74, 6) is 0.132. The molecule has 0 aliphatic carbocycles. The number of hydrogen-bond donors (Lipinski definition) is 1. The van der Waals surface area contributed by atoms with Crippen LogP contribution in [0, 0.1) is 0 Å². The SMILES string of the molecule is COCCN(CCC(N)=S)C(C)C(=O)N1CCOCC1. The van der Waals surface area contributed by atoms with Gasteiger partial charge in [-0.1, -0.05) is 12.2 Å². The predicted molar refractivity (Wildman–Crippen MR) is 81.7 cm³/mol. The molecule has 116 valence electrons. The lowest BCUT2D eigenvalue weighted by Gasteiger charge is -2.34. The van der Waals surface area contributed by atoms with Crippen LogP contribution in [0.4, 0.5) is 0 Å². The number of ether oxygens (including phenoxy) is 2. The number of amides is 1. The van der Waals surface area contributed by atoms with Crippen molar-refractivity contribution in [2.75, 3.05) is 53.1 Å². The van der Waals surface area contributed by atoms with E-state index in [-0.39, 0.29) is 11.9 Å². The molecule has 1 unspecified atom stereocenters. The van der Waals surface area contributed by atoms with Crippen molar-refractivity contribution in [2.45, 2.75) is 19.4 Å². The number of methoxy groups -OCH3 is 1. The largest absolute Gasteiger partial charge is 0.393 e. The molecule has 0 aromatic carbocycles. The molecule has 20 heavy (non-hydrogen) atoms. The van der Waals surface area contributed by atoms with Gasteiger partial charge in [-0.05, 0) is 6.92 Å². The maximum absolute atomic E-state index is 12.5. The van der Waals surface area contributed by atoms with E-state index >= 15 is 0 Å². The van der Waals surface area contributed by atoms with Crippen molar-refractivity contribution in [1.29, 1.82) is 0 Å². The van der Waals surface area contributed by atoms with Crippen molar-refractivity contribution in [3.05, 3.63) is 0 Å². The van der Waals surface area contributed by atoms with Gasteiger partial charge in [-0.2, -0.15) is 0 Å². The van der Waals surface area contributed by atoms with Gasteiger partial charge in [0.05, 0.1) is 30.9 Å². The minimum Gasteiger partial charge on any atom is -0.393 e. The molecule has 1 amide bonds. The van der Waals surface area contributed by atoms with Crippen molar-refractivity contribution in [3.8, 4) is 0 Å². The van der Waals surface area contributed by atoms with Crippen LogP contribution in [-0.2, 0) is 14.3 Å². The third-order valence-corrected chi connectivity index (χ3v) is 3.66. The Morgan fingerprint density at radius 1 is 1.45 bits per heavy atom. The molecule has 1 atom stereocenters. The molecule has 2 N–H and O–H groups in total. The van der Waals surface area contributed by atoms with Gasteiger partial charge in [-0.3, -0.25) is 9.69 Å². The molecule has 0 aromatic rings. The summed E-state index contributed by atoms with van der Waals surface area (Å²) >= 11 is 4.91. The number of thiocarbonyl (C=S) groups is 1. The van der Waals surface area contributed by atoms with Crippen LogP contribution in [-0.4, -0.2) is 79.8 Å². The van der Waals surface area contributed by atoms with Gasteiger partial charge in [-0.15, -0.1) is 0 Å². The fourth-order valence-electron chi connectivity index (χ4n) is 2.17. The average Bonchev–Trinajstić information content (AvgIpc) is 2.46. The standard InChI is InChI=1S/C13H25N3O3S/c1-11(13(17)16-6-9-19-10-7-16)15(5-8-18-2)4-3-12(14)20/h11H,3-10H2,1-2H3,(H2,14,20). The predicted octanol–water partition coefficient (Wildman–Crippen LogP) is -0.142. The third kappa shape index (κ3) is 5.70. The van der Waals surface area contributed by atoms with Crippen LogP contribution in [0.1, 0.15) is 13.3 Å². The van der Waals surface area contributed by atoms with Gasteiger partial charge in [0.1, 0.15) is 0 Å². The highest BCUT2D eigenvalue weighted by atomic mass is 32.1. The number of nitrogens with two attached hydrogens (primary N) is 1. The highest BCUT2D eigenvalue weighted by molar-refractivity contribution is 7.80. The molecule has 0 aromatic heterocycles. The van der Waals surface area contributed by atoms with Crippen molar-refractivity contribution in [1.82, 2.24) is 9.80 Å². The average molecular weight is 303 g/mol. The molecule has 1 fully saturated rings. The Bertz CT molecular complexity index is 322. The van der Waals surface area contributed by atoms with E-state index in [2.05, 4.69) is 4.90 Å². The molecule has 1 saturated heterocycles. The first-order valence-electron chi connectivity index (χ1n) is 6.94. The van der Waals surface area contributed by atoms with Crippen molar-refractivity contribution in [2.24, 2.45) is 5.73 Å². The van der Waals surface area contributed by atoms with Gasteiger partial charge in [0.15, 0.2) is 0 Å². The first-order valence-corrected chi connectivity index (χ1v) is 7.35. The van der Waals surface area contributed by atoms with Crippen LogP contribution < -0.4 is 5.73 Å². The Labute approximate surface area is 126 Å². The van der Waals surface area contributed by atoms with Crippen molar-refractivity contribution < 1.29 is 14.3 Å². The zero-order valence-electron chi connectivity index (χ0n) is 12.3. The molecule has 0 saturated carbocycles. The lowest BCUT2D eigenvalue weighted by Crippen LogP contribution is -2.51. The number of hydrogen-bond acceptors (Lipinski definition) is 5. The summed E-state index contributed by atoms with van der Waals surface area (Å²) in [6.45, 7) is 6.43. The smallest absolute Gasteiger partial charge is 0.239 e. The zero-order valence-corrected chi connectivity index (χ0v) is 13.2. The van der Waals surface area contributed by atoms with Crippen LogP contribution in [0.2, 0.25) is 0 Å². The molecule has 1 aliphatic heterocycles. The number of carbonyl (C=O) groups excluding carboxylic acids is 1. The summed E-state index contributed by atoms with van der Waals surface area (Å²) in [7, 11) is 1.65. The zero-order chi connectivity index (χ0) is 15.0. The van der Waals surface area contributed by atoms with E-state index < -0.39 is 0 Å². The Hall–Kier alpha value is -0.760. The molecule has 1 rings (SSSR count). The molecular formula is C13H25N3O3S. The third-order valence-electron chi connectivity index (χ3n) is 3.46. The molecule has 7 heteroatoms. The van der Waals surface area contributed by atoms with Gasteiger partial charge < -0.3 is 20.1 Å². The Morgan fingerprint density at radius 3 is 2.65 bits per heavy atom. The second-order valence-corrected chi connectivity index (χ2v) is 5.38. The topological polar surface area (TPSA) is 68.0 Å². The molecular weight excluding hydrogens is 278 g/mol. The first kappa shape index (κ1) is 17.3. The molecule has 0 bridgehead atoms. The normalized spacial score (nSPS) is 17.2. The lowest BCUT2D eigenvalue weighted by molar-refractivity contribution is -0.140. The van der Waals surface area contributed by atoms with Gasteiger partial charge in [0.2, 0.25) is 5.91 Å². The molecule has 0 radical (unpaired) electrons. The highest BCUT2D eigenvalue weighted by Crippen LogP contribution is 2.07. The molecule has 6 nitrogen and oxygen atoms in total. The minimum atomic E-state index is -0.197. The fraction of sp³-hybridized carbons (Fsp3) is 0.846. The van der Waals surface area contributed by atoms with E-state index in [4.69, 9.17) is 27.4 Å². The summed E-state index contributed by atoms with van der Waals surface area (Å²) in [5.41, 5.74) is 5.55. The number of rotatable bonds is 8. The summed E-state index contributed by atoms with van der Waals surface area (Å²) in [6, 6.07) is -0.197. The van der Waals surface area contributed by atoms with Crippen LogP contribution in [0.3, 0.4) is 0 Å². The second kappa shape index (κ2) is 9.23. The van der Waals surface area contributed by atoms with E-state index in [1.165, 1.54) is 0 Å². The van der Waals surface area contributed by atoms with Gasteiger partial charge in [-0.25, -0.2) is 0 Å². The van der Waals surface area contributed by atoms with Crippen LogP contribution in [0.25, 0.3) is 0 Å². The van der Waals surface area contributed by atoms with Crippen LogP contribution in [0.5, 0.6) is 0 Å². The maximum Gasteiger partial charge on any atom is 0.239 e. The Morgan fingerprint density at radius 2 is 2.10 bits per heavy atom. The Kier molecular flexibility index (Phi) is 7.98. The quantitative estimate of drug-likeness (QED) is 0.630. The van der Waals surface area contributed by atoms with Crippen LogP contribution >= 0.6 is 12.2 Å². The summed E-state index contributed by atoms with van der Waals surface area (Å²) < 4.78 is 10.4. The highest BCUT2D eigenvalue weighted by Gasteiger charge is 2.26. The van der Waals surface area contributed by atoms with Gasteiger partial charge in [0.25, 0.3) is 0 Å². The number of nitrogens with zero attached hydrogens (tertiary/aromatic N) is 2. The van der Waals surface area contributed by atoms with Gasteiger partial charge in [0, 0.05) is 39.7 Å². The second-order valence-electron chi connectivity index (χ2n) is 4.86. The summed E-state index contributed by atoms with van der Waals surface area (Å²) in [4.78, 5) is 16.9. The fourth-order valence-corrected chi connectivity index (χ4v) is 2.26. The Balaban J connectivity index is 2.56. The summed E-state index contributed by atoms with van der Waals surface area (Å²) in [6.07, 6.45) is 0.611. The molecule has 1 heterocycles.